The van der Waals surface area contributed by atoms with E-state index in [2.05, 4.69) is 13.8 Å². The van der Waals surface area contributed by atoms with E-state index in [0.29, 0.717) is 17.0 Å². The molecule has 2 aromatic carbocycles. The molecule has 0 nitrogen and oxygen atoms in total. The highest BCUT2D eigenvalue weighted by molar-refractivity contribution is 5.64. The summed E-state index contributed by atoms with van der Waals surface area (Å²) in [6.45, 7) is 4.36. The van der Waals surface area contributed by atoms with Crippen molar-refractivity contribution in [3.8, 4) is 11.1 Å². The third kappa shape index (κ3) is 3.90. The van der Waals surface area contributed by atoms with Crippen molar-refractivity contribution in [2.45, 2.75) is 45.4 Å². The third-order valence-corrected chi connectivity index (χ3v) is 4.04. The minimum Gasteiger partial charge on any atom is -0.204 e. The van der Waals surface area contributed by atoms with Gasteiger partial charge in [0.15, 0.2) is 17.5 Å². The van der Waals surface area contributed by atoms with Crippen LogP contribution in [-0.2, 0) is 0 Å². The number of halogens is 3. The summed E-state index contributed by atoms with van der Waals surface area (Å²) in [4.78, 5) is 0. The predicted octanol–water partition coefficient (Wildman–Crippen LogP) is 6.45. The lowest BCUT2D eigenvalue weighted by atomic mass is 9.93. The summed E-state index contributed by atoms with van der Waals surface area (Å²) in [6, 6.07) is 9.67. The Hall–Kier alpha value is -1.77. The van der Waals surface area contributed by atoms with Crippen LogP contribution in [0, 0.1) is 17.5 Å². The Kier molecular flexibility index (Phi) is 5.64. The first kappa shape index (κ1) is 16.6. The predicted molar refractivity (Wildman–Crippen MR) is 84.3 cm³/mol. The average Bonchev–Trinajstić information content (AvgIpc) is 2.52. The number of rotatable bonds is 6. The van der Waals surface area contributed by atoms with E-state index in [0.717, 1.165) is 18.6 Å². The summed E-state index contributed by atoms with van der Waals surface area (Å²) in [5.74, 6) is -3.29. The molecule has 0 bridgehead atoms. The fraction of sp³-hybridized carbons (Fsp3) is 0.368. The van der Waals surface area contributed by atoms with Gasteiger partial charge >= 0.3 is 0 Å². The van der Waals surface area contributed by atoms with Crippen LogP contribution in [0.3, 0.4) is 0 Å². The van der Waals surface area contributed by atoms with Crippen molar-refractivity contribution in [3.05, 3.63) is 59.4 Å². The summed E-state index contributed by atoms with van der Waals surface area (Å²) in [5, 5.41) is 0. The SMILES string of the molecule is CCCCCC(C)c1ccc(-c2cc(F)c(F)c(F)c2)cc1. The van der Waals surface area contributed by atoms with Crippen LogP contribution in [0.25, 0.3) is 11.1 Å². The molecule has 0 saturated carbocycles. The molecule has 0 aliphatic carbocycles. The minimum absolute atomic E-state index is 0.349. The van der Waals surface area contributed by atoms with Crippen LogP contribution in [0.15, 0.2) is 36.4 Å². The fourth-order valence-corrected chi connectivity index (χ4v) is 2.59. The summed E-state index contributed by atoms with van der Waals surface area (Å²) < 4.78 is 39.6. The molecule has 0 saturated heterocycles. The highest BCUT2D eigenvalue weighted by Crippen LogP contribution is 2.27. The van der Waals surface area contributed by atoms with Crippen molar-refractivity contribution < 1.29 is 13.2 Å². The standard InChI is InChI=1S/C19H21F3/c1-3-4-5-6-13(2)14-7-9-15(10-8-14)16-11-17(20)19(22)18(21)12-16/h7-13H,3-6H2,1-2H3. The van der Waals surface area contributed by atoms with E-state index in [-0.39, 0.29) is 0 Å². The summed E-state index contributed by atoms with van der Waals surface area (Å²) in [5.41, 5.74) is 2.24. The van der Waals surface area contributed by atoms with Gasteiger partial charge in [-0.1, -0.05) is 57.4 Å². The monoisotopic (exact) mass is 306 g/mol. The average molecular weight is 306 g/mol. The first-order valence-electron chi connectivity index (χ1n) is 7.77. The Labute approximate surface area is 130 Å². The molecule has 2 rings (SSSR count). The van der Waals surface area contributed by atoms with Gasteiger partial charge in [0.2, 0.25) is 0 Å². The van der Waals surface area contributed by atoms with Crippen molar-refractivity contribution in [2.24, 2.45) is 0 Å². The van der Waals surface area contributed by atoms with Crippen molar-refractivity contribution in [3.63, 3.8) is 0 Å². The topological polar surface area (TPSA) is 0 Å². The van der Waals surface area contributed by atoms with E-state index in [1.54, 1.807) is 0 Å². The Morgan fingerprint density at radius 2 is 1.45 bits per heavy atom. The van der Waals surface area contributed by atoms with Crippen LogP contribution < -0.4 is 0 Å². The van der Waals surface area contributed by atoms with Gasteiger partial charge in [-0.25, -0.2) is 13.2 Å². The van der Waals surface area contributed by atoms with Gasteiger partial charge in [-0.05, 0) is 41.2 Å². The van der Waals surface area contributed by atoms with E-state index in [1.165, 1.54) is 24.8 Å². The quantitative estimate of drug-likeness (QED) is 0.424. The van der Waals surface area contributed by atoms with Gasteiger partial charge in [-0.3, -0.25) is 0 Å². The second-order valence-corrected chi connectivity index (χ2v) is 5.77. The maximum atomic E-state index is 13.3. The Morgan fingerprint density at radius 3 is 2.00 bits per heavy atom. The van der Waals surface area contributed by atoms with Gasteiger partial charge in [0.25, 0.3) is 0 Å². The lowest BCUT2D eigenvalue weighted by Gasteiger charge is -2.12. The summed E-state index contributed by atoms with van der Waals surface area (Å²) in [7, 11) is 0. The van der Waals surface area contributed by atoms with E-state index < -0.39 is 17.5 Å². The Bertz CT molecular complexity index is 594. The third-order valence-electron chi connectivity index (χ3n) is 4.04. The van der Waals surface area contributed by atoms with Crippen molar-refractivity contribution >= 4 is 0 Å². The molecule has 0 spiro atoms. The highest BCUT2D eigenvalue weighted by Gasteiger charge is 2.12. The zero-order valence-corrected chi connectivity index (χ0v) is 13.0. The molecule has 0 N–H and O–H groups in total. The van der Waals surface area contributed by atoms with Crippen LogP contribution in [0.5, 0.6) is 0 Å². The van der Waals surface area contributed by atoms with Gasteiger partial charge in [-0.15, -0.1) is 0 Å². The molecule has 0 amide bonds. The molecule has 0 aliphatic heterocycles. The van der Waals surface area contributed by atoms with Crippen molar-refractivity contribution in [1.82, 2.24) is 0 Å². The molecular formula is C19H21F3. The second kappa shape index (κ2) is 7.48. The summed E-state index contributed by atoms with van der Waals surface area (Å²) >= 11 is 0. The smallest absolute Gasteiger partial charge is 0.194 e. The normalized spacial score (nSPS) is 12.4. The fourth-order valence-electron chi connectivity index (χ4n) is 2.59. The van der Waals surface area contributed by atoms with Crippen molar-refractivity contribution in [1.29, 1.82) is 0 Å². The molecule has 22 heavy (non-hydrogen) atoms. The number of hydrogen-bond donors (Lipinski definition) is 0. The van der Waals surface area contributed by atoms with Crippen LogP contribution in [0.4, 0.5) is 13.2 Å². The van der Waals surface area contributed by atoms with Crippen LogP contribution in [0.1, 0.15) is 51.0 Å². The van der Waals surface area contributed by atoms with Gasteiger partial charge < -0.3 is 0 Å². The van der Waals surface area contributed by atoms with Gasteiger partial charge in [0, 0.05) is 0 Å². The minimum atomic E-state index is -1.43. The molecule has 3 heteroatoms. The Morgan fingerprint density at radius 1 is 0.864 bits per heavy atom. The van der Waals surface area contributed by atoms with Crippen LogP contribution >= 0.6 is 0 Å². The molecule has 0 aliphatic rings. The molecule has 0 radical (unpaired) electrons. The summed E-state index contributed by atoms with van der Waals surface area (Å²) in [6.07, 6.45) is 4.77. The van der Waals surface area contributed by atoms with Gasteiger partial charge in [-0.2, -0.15) is 0 Å². The maximum Gasteiger partial charge on any atom is 0.194 e. The first-order valence-corrected chi connectivity index (χ1v) is 7.77. The van der Waals surface area contributed by atoms with Gasteiger partial charge in [0.05, 0.1) is 0 Å². The zero-order chi connectivity index (χ0) is 16.1. The number of benzene rings is 2. The number of unbranched alkanes of at least 4 members (excludes halogenated alkanes) is 2. The molecule has 118 valence electrons. The molecule has 1 atom stereocenters. The Balaban J connectivity index is 2.15. The van der Waals surface area contributed by atoms with E-state index >= 15 is 0 Å². The van der Waals surface area contributed by atoms with Crippen LogP contribution in [-0.4, -0.2) is 0 Å². The molecule has 2 aromatic rings. The lowest BCUT2D eigenvalue weighted by molar-refractivity contribution is 0.448. The van der Waals surface area contributed by atoms with E-state index in [4.69, 9.17) is 0 Å². The number of hydrogen-bond acceptors (Lipinski definition) is 0. The molecule has 1 unspecified atom stereocenters. The molecular weight excluding hydrogens is 285 g/mol. The lowest BCUT2D eigenvalue weighted by Crippen LogP contribution is -1.95. The van der Waals surface area contributed by atoms with Crippen molar-refractivity contribution in [2.75, 3.05) is 0 Å². The zero-order valence-electron chi connectivity index (χ0n) is 13.0. The first-order chi connectivity index (χ1) is 10.5. The largest absolute Gasteiger partial charge is 0.204 e. The highest BCUT2D eigenvalue weighted by atomic mass is 19.2. The van der Waals surface area contributed by atoms with E-state index in [1.807, 2.05) is 24.3 Å². The van der Waals surface area contributed by atoms with Crippen LogP contribution in [0.2, 0.25) is 0 Å². The molecule has 0 fully saturated rings. The second-order valence-electron chi connectivity index (χ2n) is 5.77. The van der Waals surface area contributed by atoms with Gasteiger partial charge in [0.1, 0.15) is 0 Å². The maximum absolute atomic E-state index is 13.3. The molecule has 0 aromatic heterocycles. The molecule has 0 heterocycles. The van der Waals surface area contributed by atoms with E-state index in [9.17, 15) is 13.2 Å².